The molecule has 8 heteroatoms. The van der Waals surface area contributed by atoms with Gasteiger partial charge < -0.3 is 10.1 Å². The Balaban J connectivity index is 1.54. The van der Waals surface area contributed by atoms with Crippen LogP contribution in [0.15, 0.2) is 12.4 Å². The Morgan fingerprint density at radius 1 is 1.38 bits per heavy atom. The fourth-order valence-electron chi connectivity index (χ4n) is 3.50. The number of hydrogen-bond donors (Lipinski definition) is 1. The minimum absolute atomic E-state index is 0.0359. The van der Waals surface area contributed by atoms with E-state index in [0.29, 0.717) is 18.9 Å². The van der Waals surface area contributed by atoms with E-state index in [0.717, 1.165) is 18.7 Å². The van der Waals surface area contributed by atoms with E-state index in [1.54, 1.807) is 16.9 Å². The van der Waals surface area contributed by atoms with Crippen molar-refractivity contribution < 1.29 is 9.53 Å². The highest BCUT2D eigenvalue weighted by Gasteiger charge is 2.36. The molecule has 0 bridgehead atoms. The number of carbonyl (C=O) groups is 1. The third-order valence-corrected chi connectivity index (χ3v) is 5.09. The molecule has 4 rings (SSSR count). The predicted molar refractivity (Wildman–Crippen MR) is 89.4 cm³/mol. The number of aromatic nitrogens is 3. The van der Waals surface area contributed by atoms with Gasteiger partial charge in [-0.2, -0.15) is 5.10 Å². The highest BCUT2D eigenvalue weighted by molar-refractivity contribution is 6.36. The smallest absolute Gasteiger partial charge is 0.273 e. The third-order valence-electron chi connectivity index (χ3n) is 4.74. The number of nitrogens with one attached hydrogen (secondary N) is 1. The van der Waals surface area contributed by atoms with Crippen molar-refractivity contribution in [2.24, 2.45) is 0 Å². The van der Waals surface area contributed by atoms with Gasteiger partial charge in [-0.1, -0.05) is 11.6 Å². The summed E-state index contributed by atoms with van der Waals surface area (Å²) in [6.45, 7) is 5.23. The molecule has 2 saturated heterocycles. The van der Waals surface area contributed by atoms with E-state index in [9.17, 15) is 4.79 Å². The summed E-state index contributed by atoms with van der Waals surface area (Å²) in [6, 6.07) is 0.193. The lowest BCUT2D eigenvalue weighted by atomic mass is 10.1. The summed E-state index contributed by atoms with van der Waals surface area (Å²) in [6.07, 6.45) is 5.93. The Bertz CT molecular complexity index is 771. The molecule has 2 fully saturated rings. The van der Waals surface area contributed by atoms with Crippen molar-refractivity contribution in [2.75, 3.05) is 26.3 Å². The van der Waals surface area contributed by atoms with Gasteiger partial charge in [0.2, 0.25) is 0 Å². The van der Waals surface area contributed by atoms with E-state index in [2.05, 4.69) is 20.3 Å². The summed E-state index contributed by atoms with van der Waals surface area (Å²) in [5.74, 6) is -0.275. The molecule has 2 aromatic heterocycles. The van der Waals surface area contributed by atoms with E-state index in [4.69, 9.17) is 16.3 Å². The lowest BCUT2D eigenvalue weighted by molar-refractivity contribution is 0.0911. The fourth-order valence-corrected chi connectivity index (χ4v) is 3.76. The highest BCUT2D eigenvalue weighted by atomic mass is 35.5. The largest absolute Gasteiger partial charge is 0.378 e. The lowest BCUT2D eigenvalue weighted by Gasteiger charge is -2.27. The molecule has 2 aromatic rings. The van der Waals surface area contributed by atoms with Crippen molar-refractivity contribution in [1.82, 2.24) is 24.8 Å². The summed E-state index contributed by atoms with van der Waals surface area (Å²) in [5, 5.41) is 7.62. The molecule has 7 nitrogen and oxygen atoms in total. The van der Waals surface area contributed by atoms with Crippen molar-refractivity contribution in [2.45, 2.75) is 31.8 Å². The molecule has 2 aliphatic heterocycles. The van der Waals surface area contributed by atoms with Crippen LogP contribution >= 0.6 is 11.6 Å². The highest BCUT2D eigenvalue weighted by Crippen LogP contribution is 2.22. The second-order valence-corrected chi connectivity index (χ2v) is 6.87. The number of ether oxygens (including phenoxy) is 1. The van der Waals surface area contributed by atoms with Gasteiger partial charge in [-0.25, -0.2) is 9.50 Å². The number of likely N-dealkylation sites (tertiary alicyclic amines) is 1. The molecule has 2 atom stereocenters. The van der Waals surface area contributed by atoms with Crippen LogP contribution in [-0.4, -0.2) is 63.8 Å². The Morgan fingerprint density at radius 3 is 2.96 bits per heavy atom. The molecule has 0 aliphatic carbocycles. The Kier molecular flexibility index (Phi) is 4.15. The van der Waals surface area contributed by atoms with E-state index < -0.39 is 0 Å². The standard InChI is InChI=1S/C16H20ClN5O2/c1-10-6-18-15-13(17)14(20-22(15)7-10)16(23)19-11-8-24-9-12(11)21-4-2-3-5-21/h6-7,11-12H,2-5,8-9H2,1H3,(H,19,23)/t11-,12-/m1/s1. The van der Waals surface area contributed by atoms with Crippen LogP contribution in [0, 0.1) is 6.92 Å². The number of rotatable bonds is 3. The SMILES string of the molecule is Cc1cnc2c(Cl)c(C(=O)N[C@@H]3COC[C@H]3N3CCCC3)nn2c1. The molecular weight excluding hydrogens is 330 g/mol. The van der Waals surface area contributed by atoms with E-state index in [1.807, 2.05) is 6.92 Å². The number of hydrogen-bond acceptors (Lipinski definition) is 5. The molecule has 24 heavy (non-hydrogen) atoms. The van der Waals surface area contributed by atoms with Gasteiger partial charge in [-0.15, -0.1) is 0 Å². The molecule has 0 saturated carbocycles. The summed E-state index contributed by atoms with van der Waals surface area (Å²) in [7, 11) is 0. The minimum atomic E-state index is -0.275. The molecule has 1 amide bonds. The average molecular weight is 350 g/mol. The number of aryl methyl sites for hydroxylation is 1. The monoisotopic (exact) mass is 349 g/mol. The third kappa shape index (κ3) is 2.76. The molecule has 0 radical (unpaired) electrons. The molecule has 0 spiro atoms. The van der Waals surface area contributed by atoms with Gasteiger partial charge in [-0.05, 0) is 38.4 Å². The molecular formula is C16H20ClN5O2. The summed E-state index contributed by atoms with van der Waals surface area (Å²) < 4.78 is 7.15. The first-order valence-electron chi connectivity index (χ1n) is 8.26. The maximum absolute atomic E-state index is 12.7. The number of nitrogens with zero attached hydrogens (tertiary/aromatic N) is 4. The van der Waals surface area contributed by atoms with E-state index in [-0.39, 0.29) is 28.7 Å². The van der Waals surface area contributed by atoms with Crippen LogP contribution in [0.5, 0.6) is 0 Å². The van der Waals surface area contributed by atoms with Gasteiger partial charge in [0.05, 0.1) is 25.3 Å². The van der Waals surface area contributed by atoms with Gasteiger partial charge in [0, 0.05) is 12.4 Å². The minimum Gasteiger partial charge on any atom is -0.378 e. The first-order chi connectivity index (χ1) is 11.6. The van der Waals surface area contributed by atoms with Crippen LogP contribution < -0.4 is 5.32 Å². The molecule has 0 aromatic carbocycles. The van der Waals surface area contributed by atoms with Crippen molar-refractivity contribution in [1.29, 1.82) is 0 Å². The average Bonchev–Trinajstić information content (AvgIpc) is 3.27. The zero-order valence-electron chi connectivity index (χ0n) is 13.5. The van der Waals surface area contributed by atoms with Crippen molar-refractivity contribution in [3.8, 4) is 0 Å². The second kappa shape index (κ2) is 6.31. The van der Waals surface area contributed by atoms with Crippen LogP contribution in [0.2, 0.25) is 5.02 Å². The molecule has 0 unspecified atom stereocenters. The first-order valence-corrected chi connectivity index (χ1v) is 8.64. The number of amides is 1. The predicted octanol–water partition coefficient (Wildman–Crippen LogP) is 1.28. The fraction of sp³-hybridized carbons (Fsp3) is 0.562. The zero-order valence-corrected chi connectivity index (χ0v) is 14.3. The van der Waals surface area contributed by atoms with Crippen LogP contribution in [-0.2, 0) is 4.74 Å². The summed E-state index contributed by atoms with van der Waals surface area (Å²) in [5.41, 5.74) is 1.65. The Morgan fingerprint density at radius 2 is 2.17 bits per heavy atom. The topological polar surface area (TPSA) is 71.8 Å². The van der Waals surface area contributed by atoms with E-state index in [1.165, 1.54) is 12.8 Å². The quantitative estimate of drug-likeness (QED) is 0.904. The van der Waals surface area contributed by atoms with Gasteiger partial charge in [-0.3, -0.25) is 9.69 Å². The Labute approximate surface area is 144 Å². The number of fused-ring (bicyclic) bond motifs is 1. The van der Waals surface area contributed by atoms with E-state index >= 15 is 0 Å². The van der Waals surface area contributed by atoms with Crippen LogP contribution in [0.3, 0.4) is 0 Å². The zero-order chi connectivity index (χ0) is 16.7. The van der Waals surface area contributed by atoms with Crippen molar-refractivity contribution in [3.63, 3.8) is 0 Å². The van der Waals surface area contributed by atoms with Crippen LogP contribution in [0.1, 0.15) is 28.9 Å². The van der Waals surface area contributed by atoms with Crippen molar-refractivity contribution in [3.05, 3.63) is 28.7 Å². The molecule has 2 aliphatic rings. The Hall–Kier alpha value is -1.70. The molecule has 128 valence electrons. The maximum atomic E-state index is 12.7. The first kappa shape index (κ1) is 15.8. The second-order valence-electron chi connectivity index (χ2n) is 6.49. The van der Waals surface area contributed by atoms with Gasteiger partial charge in [0.1, 0.15) is 5.02 Å². The maximum Gasteiger partial charge on any atom is 0.273 e. The van der Waals surface area contributed by atoms with Crippen molar-refractivity contribution >= 4 is 23.2 Å². The molecule has 1 N–H and O–H groups in total. The lowest BCUT2D eigenvalue weighted by Crippen LogP contribution is -2.50. The summed E-state index contributed by atoms with van der Waals surface area (Å²) >= 11 is 6.30. The van der Waals surface area contributed by atoms with Crippen LogP contribution in [0.25, 0.3) is 5.65 Å². The molecule has 4 heterocycles. The number of carbonyl (C=O) groups excluding carboxylic acids is 1. The van der Waals surface area contributed by atoms with Crippen LogP contribution in [0.4, 0.5) is 0 Å². The van der Waals surface area contributed by atoms with Gasteiger partial charge >= 0.3 is 0 Å². The van der Waals surface area contributed by atoms with Gasteiger partial charge in [0.15, 0.2) is 11.3 Å². The number of halogens is 1. The summed E-state index contributed by atoms with van der Waals surface area (Å²) in [4.78, 5) is 19.3. The van der Waals surface area contributed by atoms with Gasteiger partial charge in [0.25, 0.3) is 5.91 Å². The normalized spacial score (nSPS) is 24.8.